The van der Waals surface area contributed by atoms with Crippen molar-refractivity contribution in [3.8, 4) is 0 Å². The van der Waals surface area contributed by atoms with Crippen LogP contribution in [0, 0.1) is 17.8 Å². The molecule has 1 unspecified atom stereocenters. The molecule has 1 atom stereocenters. The predicted molar refractivity (Wildman–Crippen MR) is 103 cm³/mol. The molecule has 1 aliphatic heterocycles. The third-order valence-electron chi connectivity index (χ3n) is 7.52. The van der Waals surface area contributed by atoms with Crippen molar-refractivity contribution in [1.29, 1.82) is 0 Å². The number of carbonyl (C=O) groups excluding carboxylic acids is 1. The molecule has 4 nitrogen and oxygen atoms in total. The summed E-state index contributed by atoms with van der Waals surface area (Å²) in [6, 6.07) is 4.41. The minimum atomic E-state index is 0.0771. The van der Waals surface area contributed by atoms with Crippen molar-refractivity contribution < 1.29 is 4.79 Å². The van der Waals surface area contributed by atoms with Gasteiger partial charge in [-0.1, -0.05) is 0 Å². The number of hydrogen-bond donors (Lipinski definition) is 1. The van der Waals surface area contributed by atoms with Crippen molar-refractivity contribution in [1.82, 2.24) is 10.3 Å². The van der Waals surface area contributed by atoms with E-state index in [1.54, 1.807) is 0 Å². The highest BCUT2D eigenvalue weighted by Crippen LogP contribution is 2.55. The van der Waals surface area contributed by atoms with Crippen LogP contribution in [0.15, 0.2) is 18.3 Å². The first-order chi connectivity index (χ1) is 12.6. The molecular weight excluding hydrogens is 322 g/mol. The van der Waals surface area contributed by atoms with Crippen molar-refractivity contribution in [2.45, 2.75) is 76.3 Å². The smallest absolute Gasteiger partial charge is 0.251 e. The average Bonchev–Trinajstić information content (AvgIpc) is 2.60. The molecule has 4 saturated carbocycles. The first kappa shape index (κ1) is 16.6. The summed E-state index contributed by atoms with van der Waals surface area (Å²) >= 11 is 0. The molecule has 5 fully saturated rings. The number of nitrogens with one attached hydrogen (secondary N) is 1. The third kappa shape index (κ3) is 2.91. The predicted octanol–water partition coefficient (Wildman–Crippen LogP) is 4.16. The number of amides is 1. The number of carbonyl (C=O) groups is 1. The van der Waals surface area contributed by atoms with Crippen LogP contribution in [0.4, 0.5) is 5.82 Å². The lowest BCUT2D eigenvalue weighted by Gasteiger charge is -2.56. The summed E-state index contributed by atoms with van der Waals surface area (Å²) in [7, 11) is 0. The van der Waals surface area contributed by atoms with Gasteiger partial charge in [0.25, 0.3) is 5.91 Å². The molecule has 1 aromatic heterocycles. The summed E-state index contributed by atoms with van der Waals surface area (Å²) in [6.07, 6.45) is 13.4. The molecule has 5 aliphatic rings. The van der Waals surface area contributed by atoms with E-state index in [1.807, 2.05) is 18.3 Å². The Morgan fingerprint density at radius 3 is 2.50 bits per heavy atom. The van der Waals surface area contributed by atoms with Gasteiger partial charge < -0.3 is 10.2 Å². The van der Waals surface area contributed by atoms with Gasteiger partial charge in [-0.15, -0.1) is 0 Å². The van der Waals surface area contributed by atoms with Gasteiger partial charge in [0, 0.05) is 29.9 Å². The van der Waals surface area contributed by atoms with E-state index in [2.05, 4.69) is 22.1 Å². The fourth-order valence-electron chi connectivity index (χ4n) is 6.73. The van der Waals surface area contributed by atoms with Gasteiger partial charge in [-0.3, -0.25) is 4.79 Å². The SMILES string of the molecule is CC1CCCCN1c1cc(C(=O)NC23CC4CC(CC(C4)C2)C3)ccn1. The van der Waals surface area contributed by atoms with E-state index in [0.29, 0.717) is 6.04 Å². The molecule has 0 radical (unpaired) electrons. The fourth-order valence-corrected chi connectivity index (χ4v) is 6.73. The highest BCUT2D eigenvalue weighted by Gasteiger charge is 2.51. The highest BCUT2D eigenvalue weighted by molar-refractivity contribution is 5.95. The van der Waals surface area contributed by atoms with E-state index in [4.69, 9.17) is 0 Å². The van der Waals surface area contributed by atoms with E-state index < -0.39 is 0 Å². The molecule has 1 N–H and O–H groups in total. The number of piperidine rings is 1. The van der Waals surface area contributed by atoms with Crippen LogP contribution in [0.1, 0.15) is 75.1 Å². The molecule has 26 heavy (non-hydrogen) atoms. The normalized spacial score (nSPS) is 38.4. The van der Waals surface area contributed by atoms with Gasteiger partial charge in [-0.2, -0.15) is 0 Å². The molecule has 0 spiro atoms. The molecule has 4 bridgehead atoms. The van der Waals surface area contributed by atoms with Crippen molar-refractivity contribution in [3.63, 3.8) is 0 Å². The maximum Gasteiger partial charge on any atom is 0.251 e. The lowest BCUT2D eigenvalue weighted by Crippen LogP contribution is -2.59. The molecule has 6 rings (SSSR count). The van der Waals surface area contributed by atoms with Crippen LogP contribution >= 0.6 is 0 Å². The molecular formula is C22H31N3O. The Balaban J connectivity index is 1.34. The number of hydrogen-bond acceptors (Lipinski definition) is 3. The standard InChI is InChI=1S/C22H31N3O/c1-15-4-2-3-7-25(15)20-11-19(5-6-23-20)21(26)24-22-12-16-8-17(13-22)10-18(9-16)14-22/h5-6,11,15-18H,2-4,7-10,12-14H2,1H3,(H,24,26). The summed E-state index contributed by atoms with van der Waals surface area (Å²) in [6.45, 7) is 3.32. The quantitative estimate of drug-likeness (QED) is 0.887. The van der Waals surface area contributed by atoms with Gasteiger partial charge in [0.1, 0.15) is 5.82 Å². The molecule has 2 heterocycles. The van der Waals surface area contributed by atoms with Crippen LogP contribution in [0.2, 0.25) is 0 Å². The first-order valence-electron chi connectivity index (χ1n) is 10.7. The van der Waals surface area contributed by atoms with Crippen LogP contribution in [-0.4, -0.2) is 29.0 Å². The topological polar surface area (TPSA) is 45.2 Å². The lowest BCUT2D eigenvalue weighted by atomic mass is 9.53. The van der Waals surface area contributed by atoms with E-state index >= 15 is 0 Å². The Hall–Kier alpha value is -1.58. The number of nitrogens with zero attached hydrogens (tertiary/aromatic N) is 2. The zero-order valence-electron chi connectivity index (χ0n) is 15.9. The second-order valence-corrected chi connectivity index (χ2v) is 9.59. The molecule has 0 aromatic carbocycles. The van der Waals surface area contributed by atoms with Gasteiger partial charge in [-0.25, -0.2) is 4.98 Å². The van der Waals surface area contributed by atoms with Crippen LogP contribution in [0.5, 0.6) is 0 Å². The van der Waals surface area contributed by atoms with Crippen molar-refractivity contribution >= 4 is 11.7 Å². The second kappa shape index (κ2) is 6.24. The molecule has 1 saturated heterocycles. The van der Waals surface area contributed by atoms with Crippen LogP contribution in [-0.2, 0) is 0 Å². The summed E-state index contributed by atoms with van der Waals surface area (Å²) < 4.78 is 0. The molecule has 4 aliphatic carbocycles. The number of anilines is 1. The Morgan fingerprint density at radius 2 is 1.85 bits per heavy atom. The van der Waals surface area contributed by atoms with Crippen molar-refractivity contribution in [2.24, 2.45) is 17.8 Å². The van der Waals surface area contributed by atoms with Crippen LogP contribution in [0.25, 0.3) is 0 Å². The van der Waals surface area contributed by atoms with E-state index in [-0.39, 0.29) is 11.4 Å². The Morgan fingerprint density at radius 1 is 1.15 bits per heavy atom. The zero-order chi connectivity index (χ0) is 17.7. The van der Waals surface area contributed by atoms with Gasteiger partial charge in [0.15, 0.2) is 0 Å². The number of aromatic nitrogens is 1. The Labute approximate surface area is 156 Å². The van der Waals surface area contributed by atoms with Crippen molar-refractivity contribution in [2.75, 3.05) is 11.4 Å². The molecule has 140 valence electrons. The number of rotatable bonds is 3. The van der Waals surface area contributed by atoms with Crippen LogP contribution in [0.3, 0.4) is 0 Å². The second-order valence-electron chi connectivity index (χ2n) is 9.59. The van der Waals surface area contributed by atoms with Gasteiger partial charge in [-0.05, 0) is 94.6 Å². The third-order valence-corrected chi connectivity index (χ3v) is 7.52. The molecule has 4 heteroatoms. The van der Waals surface area contributed by atoms with E-state index in [0.717, 1.165) is 35.7 Å². The largest absolute Gasteiger partial charge is 0.354 e. The van der Waals surface area contributed by atoms with Gasteiger partial charge in [0.2, 0.25) is 0 Å². The molecule has 1 aromatic rings. The van der Waals surface area contributed by atoms with Crippen LogP contribution < -0.4 is 10.2 Å². The Bertz CT molecular complexity index is 665. The summed E-state index contributed by atoms with van der Waals surface area (Å²) in [5, 5.41) is 3.50. The minimum Gasteiger partial charge on any atom is -0.354 e. The van der Waals surface area contributed by atoms with Crippen molar-refractivity contribution in [3.05, 3.63) is 23.9 Å². The maximum atomic E-state index is 13.1. The maximum absolute atomic E-state index is 13.1. The summed E-state index contributed by atoms with van der Waals surface area (Å²) in [4.78, 5) is 20.0. The first-order valence-corrected chi connectivity index (χ1v) is 10.7. The van der Waals surface area contributed by atoms with E-state index in [9.17, 15) is 4.79 Å². The monoisotopic (exact) mass is 353 g/mol. The lowest BCUT2D eigenvalue weighted by molar-refractivity contribution is -0.0167. The van der Waals surface area contributed by atoms with Gasteiger partial charge >= 0.3 is 0 Å². The van der Waals surface area contributed by atoms with Gasteiger partial charge in [0.05, 0.1) is 0 Å². The highest BCUT2D eigenvalue weighted by atomic mass is 16.1. The number of pyridine rings is 1. The summed E-state index contributed by atoms with van der Waals surface area (Å²) in [5.41, 5.74) is 0.858. The minimum absolute atomic E-state index is 0.0771. The molecule has 1 amide bonds. The summed E-state index contributed by atoms with van der Waals surface area (Å²) in [5.74, 6) is 3.63. The average molecular weight is 354 g/mol. The van der Waals surface area contributed by atoms with E-state index in [1.165, 1.54) is 57.8 Å². The zero-order valence-corrected chi connectivity index (χ0v) is 15.9. The fraction of sp³-hybridized carbons (Fsp3) is 0.727. The Kier molecular flexibility index (Phi) is 3.98.